The molecule has 0 radical (unpaired) electrons. The molecule has 5 nitrogen and oxygen atoms in total. The fourth-order valence-electron chi connectivity index (χ4n) is 2.43. The van der Waals surface area contributed by atoms with Crippen molar-refractivity contribution in [1.82, 2.24) is 5.32 Å². The van der Waals surface area contributed by atoms with Gasteiger partial charge in [0, 0.05) is 0 Å². The molecule has 2 aromatic carbocycles. The molecule has 0 spiro atoms. The van der Waals surface area contributed by atoms with Crippen molar-refractivity contribution in [2.75, 3.05) is 26.9 Å². The van der Waals surface area contributed by atoms with E-state index < -0.39 is 0 Å². The van der Waals surface area contributed by atoms with Crippen molar-refractivity contribution in [2.45, 2.75) is 20.8 Å². The normalized spacial score (nSPS) is 10.2. The number of ether oxygens (including phenoxy) is 3. The predicted octanol–water partition coefficient (Wildman–Crippen LogP) is 3.19. The minimum absolute atomic E-state index is 0.0155. The van der Waals surface area contributed by atoms with Crippen molar-refractivity contribution in [3.63, 3.8) is 0 Å². The standard InChI is InChI=1S/C20H25NO4/c1-14-11-15(2)16(3)19(12-14)25-13-20(22)21-9-10-24-18-8-6-5-7-17(18)23-4/h5-8,11-12H,9-10,13H2,1-4H3,(H,21,22). The quantitative estimate of drug-likeness (QED) is 0.748. The highest BCUT2D eigenvalue weighted by Gasteiger charge is 2.08. The van der Waals surface area contributed by atoms with Crippen LogP contribution in [0.2, 0.25) is 0 Å². The molecular weight excluding hydrogens is 318 g/mol. The molecule has 0 saturated heterocycles. The summed E-state index contributed by atoms with van der Waals surface area (Å²) in [5.74, 6) is 1.89. The molecule has 0 aliphatic heterocycles. The van der Waals surface area contributed by atoms with Crippen molar-refractivity contribution in [2.24, 2.45) is 0 Å². The van der Waals surface area contributed by atoms with Gasteiger partial charge in [-0.3, -0.25) is 4.79 Å². The van der Waals surface area contributed by atoms with Gasteiger partial charge < -0.3 is 19.5 Å². The minimum atomic E-state index is -0.179. The van der Waals surface area contributed by atoms with Gasteiger partial charge in [0.2, 0.25) is 0 Å². The average molecular weight is 343 g/mol. The number of rotatable bonds is 8. The molecule has 1 amide bonds. The van der Waals surface area contributed by atoms with E-state index in [1.54, 1.807) is 7.11 Å². The van der Waals surface area contributed by atoms with Gasteiger partial charge >= 0.3 is 0 Å². The lowest BCUT2D eigenvalue weighted by atomic mass is 10.1. The monoisotopic (exact) mass is 343 g/mol. The summed E-state index contributed by atoms with van der Waals surface area (Å²) >= 11 is 0. The van der Waals surface area contributed by atoms with Crippen molar-refractivity contribution in [3.05, 3.63) is 53.1 Å². The molecule has 0 fully saturated rings. The van der Waals surface area contributed by atoms with Gasteiger partial charge in [-0.15, -0.1) is 0 Å². The van der Waals surface area contributed by atoms with E-state index in [0.717, 1.165) is 22.4 Å². The molecule has 0 heterocycles. The fourth-order valence-corrected chi connectivity index (χ4v) is 2.43. The number of nitrogens with one attached hydrogen (secondary N) is 1. The van der Waals surface area contributed by atoms with E-state index in [1.807, 2.05) is 51.1 Å². The van der Waals surface area contributed by atoms with Crippen molar-refractivity contribution in [1.29, 1.82) is 0 Å². The first kappa shape index (κ1) is 18.6. The highest BCUT2D eigenvalue weighted by molar-refractivity contribution is 5.77. The zero-order valence-electron chi connectivity index (χ0n) is 15.2. The Morgan fingerprint density at radius 1 is 1.00 bits per heavy atom. The highest BCUT2D eigenvalue weighted by Crippen LogP contribution is 2.25. The summed E-state index contributed by atoms with van der Waals surface area (Å²) in [6.07, 6.45) is 0. The molecule has 2 rings (SSSR count). The first-order chi connectivity index (χ1) is 12.0. The summed E-state index contributed by atoms with van der Waals surface area (Å²) in [5, 5.41) is 2.78. The zero-order valence-corrected chi connectivity index (χ0v) is 15.2. The minimum Gasteiger partial charge on any atom is -0.493 e. The molecule has 25 heavy (non-hydrogen) atoms. The molecule has 0 unspecified atom stereocenters. The van der Waals surface area contributed by atoms with Crippen LogP contribution in [-0.4, -0.2) is 32.8 Å². The lowest BCUT2D eigenvalue weighted by Crippen LogP contribution is -2.32. The molecule has 134 valence electrons. The van der Waals surface area contributed by atoms with Gasteiger partial charge in [0.1, 0.15) is 12.4 Å². The summed E-state index contributed by atoms with van der Waals surface area (Å²) in [6, 6.07) is 11.4. The van der Waals surface area contributed by atoms with Gasteiger partial charge in [-0.05, 0) is 55.7 Å². The largest absolute Gasteiger partial charge is 0.493 e. The van der Waals surface area contributed by atoms with Gasteiger partial charge in [-0.25, -0.2) is 0 Å². The third-order valence-corrected chi connectivity index (χ3v) is 3.87. The van der Waals surface area contributed by atoms with Crippen LogP contribution in [0.3, 0.4) is 0 Å². The molecule has 0 saturated carbocycles. The molecule has 1 N–H and O–H groups in total. The van der Waals surface area contributed by atoms with Gasteiger partial charge in [-0.2, -0.15) is 0 Å². The highest BCUT2D eigenvalue weighted by atomic mass is 16.5. The number of benzene rings is 2. The van der Waals surface area contributed by atoms with Crippen LogP contribution in [0.5, 0.6) is 17.2 Å². The van der Waals surface area contributed by atoms with Crippen LogP contribution < -0.4 is 19.5 Å². The smallest absolute Gasteiger partial charge is 0.258 e. The van der Waals surface area contributed by atoms with Crippen molar-refractivity contribution >= 4 is 5.91 Å². The predicted molar refractivity (Wildman–Crippen MR) is 97.6 cm³/mol. The summed E-state index contributed by atoms with van der Waals surface area (Å²) in [4.78, 5) is 11.9. The Bertz CT molecular complexity index is 728. The second-order valence-corrected chi connectivity index (χ2v) is 5.84. The molecule has 0 bridgehead atoms. The van der Waals surface area contributed by atoms with Crippen LogP contribution in [0.4, 0.5) is 0 Å². The van der Waals surface area contributed by atoms with Gasteiger partial charge in [-0.1, -0.05) is 18.2 Å². The first-order valence-corrected chi connectivity index (χ1v) is 8.24. The first-order valence-electron chi connectivity index (χ1n) is 8.24. The number of carbonyl (C=O) groups is 1. The Balaban J connectivity index is 1.74. The summed E-state index contributed by atoms with van der Waals surface area (Å²) in [5.41, 5.74) is 3.32. The number of hydrogen-bond acceptors (Lipinski definition) is 4. The molecule has 0 aliphatic carbocycles. The third kappa shape index (κ3) is 5.41. The van der Waals surface area contributed by atoms with E-state index in [-0.39, 0.29) is 12.5 Å². The molecule has 0 atom stereocenters. The summed E-state index contributed by atoms with van der Waals surface area (Å²) < 4.78 is 16.5. The molecular formula is C20H25NO4. The van der Waals surface area contributed by atoms with E-state index in [4.69, 9.17) is 14.2 Å². The maximum Gasteiger partial charge on any atom is 0.258 e. The number of amides is 1. The lowest BCUT2D eigenvalue weighted by molar-refractivity contribution is -0.123. The second-order valence-electron chi connectivity index (χ2n) is 5.84. The van der Waals surface area contributed by atoms with E-state index in [2.05, 4.69) is 11.4 Å². The van der Waals surface area contributed by atoms with E-state index >= 15 is 0 Å². The Labute approximate surface area is 148 Å². The van der Waals surface area contributed by atoms with E-state index in [1.165, 1.54) is 0 Å². The van der Waals surface area contributed by atoms with Crippen molar-refractivity contribution < 1.29 is 19.0 Å². The average Bonchev–Trinajstić information content (AvgIpc) is 2.60. The topological polar surface area (TPSA) is 56.8 Å². The SMILES string of the molecule is COc1ccccc1OCCNC(=O)COc1cc(C)cc(C)c1C. The van der Waals surface area contributed by atoms with Crippen molar-refractivity contribution in [3.8, 4) is 17.2 Å². The number of carbonyl (C=O) groups excluding carboxylic acids is 1. The van der Waals surface area contributed by atoms with Crippen LogP contribution >= 0.6 is 0 Å². The van der Waals surface area contributed by atoms with Crippen LogP contribution in [0, 0.1) is 20.8 Å². The number of para-hydroxylation sites is 2. The zero-order chi connectivity index (χ0) is 18.2. The van der Waals surface area contributed by atoms with Gasteiger partial charge in [0.15, 0.2) is 18.1 Å². The lowest BCUT2D eigenvalue weighted by Gasteiger charge is -2.13. The van der Waals surface area contributed by atoms with E-state index in [9.17, 15) is 4.79 Å². The summed E-state index contributed by atoms with van der Waals surface area (Å²) in [7, 11) is 1.59. The van der Waals surface area contributed by atoms with Crippen LogP contribution in [-0.2, 0) is 4.79 Å². The maximum atomic E-state index is 11.9. The third-order valence-electron chi connectivity index (χ3n) is 3.87. The number of methoxy groups -OCH3 is 1. The molecule has 0 aliphatic rings. The Hall–Kier alpha value is -2.69. The van der Waals surface area contributed by atoms with Crippen LogP contribution in [0.15, 0.2) is 36.4 Å². The Morgan fingerprint density at radius 2 is 1.72 bits per heavy atom. The van der Waals surface area contributed by atoms with Crippen LogP contribution in [0.25, 0.3) is 0 Å². The number of aryl methyl sites for hydroxylation is 2. The Morgan fingerprint density at radius 3 is 2.44 bits per heavy atom. The maximum absolute atomic E-state index is 11.9. The Kier molecular flexibility index (Phi) is 6.69. The fraction of sp³-hybridized carbons (Fsp3) is 0.350. The van der Waals surface area contributed by atoms with Gasteiger partial charge in [0.25, 0.3) is 5.91 Å². The molecule has 0 aromatic heterocycles. The number of hydrogen-bond donors (Lipinski definition) is 1. The molecule has 2 aromatic rings. The van der Waals surface area contributed by atoms with Crippen LogP contribution in [0.1, 0.15) is 16.7 Å². The second kappa shape index (κ2) is 8.97. The molecule has 5 heteroatoms. The summed E-state index contributed by atoms with van der Waals surface area (Å²) in [6.45, 7) is 6.77. The van der Waals surface area contributed by atoms with E-state index in [0.29, 0.717) is 24.7 Å². The van der Waals surface area contributed by atoms with Gasteiger partial charge in [0.05, 0.1) is 13.7 Å².